The van der Waals surface area contributed by atoms with Crippen molar-refractivity contribution in [3.05, 3.63) is 52.8 Å². The molecule has 3 aromatic rings. The Morgan fingerprint density at radius 1 is 1.11 bits per heavy atom. The third-order valence-corrected chi connectivity index (χ3v) is 5.71. The molecule has 190 valence electrons. The molecule has 0 unspecified atom stereocenters. The Balaban J connectivity index is 1.43. The zero-order valence-corrected chi connectivity index (χ0v) is 19.8. The van der Waals surface area contributed by atoms with Crippen LogP contribution in [0.15, 0.2) is 30.3 Å². The predicted octanol–water partition coefficient (Wildman–Crippen LogP) is 2.54. The van der Waals surface area contributed by atoms with Crippen molar-refractivity contribution < 1.29 is 18.0 Å². The fourth-order valence-corrected chi connectivity index (χ4v) is 3.76. The number of urea groups is 1. The lowest BCUT2D eigenvalue weighted by molar-refractivity contribution is -0.138. The number of H-pyrrole nitrogens is 1. The highest BCUT2D eigenvalue weighted by Gasteiger charge is 2.34. The highest BCUT2D eigenvalue weighted by Crippen LogP contribution is 2.34. The molecule has 4 rings (SSSR count). The molecule has 36 heavy (non-hydrogen) atoms. The van der Waals surface area contributed by atoms with E-state index in [1.165, 1.54) is 22.9 Å². The first-order chi connectivity index (χ1) is 17.1. The second kappa shape index (κ2) is 10.3. The van der Waals surface area contributed by atoms with Crippen molar-refractivity contribution in [2.45, 2.75) is 12.7 Å². The van der Waals surface area contributed by atoms with Crippen LogP contribution in [0.4, 0.5) is 35.3 Å². The van der Waals surface area contributed by atoms with E-state index >= 15 is 0 Å². The number of hydrogen-bond donors (Lipinski definition) is 4. The molecule has 2 aromatic heterocycles. The largest absolute Gasteiger partial charge is 0.416 e. The summed E-state index contributed by atoms with van der Waals surface area (Å²) in [5.74, 6) is 6.20. The van der Waals surface area contributed by atoms with Gasteiger partial charge in [-0.05, 0) is 36.6 Å². The quantitative estimate of drug-likeness (QED) is 0.408. The number of nitrogen functional groups attached to an aromatic ring is 1. The van der Waals surface area contributed by atoms with Gasteiger partial charge in [-0.15, -0.1) is 0 Å². The smallest absolute Gasteiger partial charge is 0.382 e. The maximum atomic E-state index is 13.8. The first-order valence-electron chi connectivity index (χ1n) is 11.1. The van der Waals surface area contributed by atoms with Gasteiger partial charge >= 0.3 is 12.2 Å². The predicted molar refractivity (Wildman–Crippen MR) is 129 cm³/mol. The number of aromatic amines is 1. The van der Waals surface area contributed by atoms with E-state index in [0.29, 0.717) is 30.3 Å². The number of piperazine rings is 1. The first-order valence-corrected chi connectivity index (χ1v) is 11.1. The van der Waals surface area contributed by atoms with Crippen LogP contribution in [0, 0.1) is 11.8 Å². The summed E-state index contributed by atoms with van der Waals surface area (Å²) >= 11 is 0. The Morgan fingerprint density at radius 2 is 1.86 bits per heavy atom. The lowest BCUT2D eigenvalue weighted by Gasteiger charge is -2.33. The molecule has 1 aromatic carbocycles. The molecule has 3 heterocycles. The number of alkyl halides is 3. The molecule has 0 spiro atoms. The van der Waals surface area contributed by atoms with E-state index in [1.54, 1.807) is 13.1 Å². The van der Waals surface area contributed by atoms with E-state index in [4.69, 9.17) is 5.73 Å². The van der Waals surface area contributed by atoms with Gasteiger partial charge < -0.3 is 16.0 Å². The van der Waals surface area contributed by atoms with Gasteiger partial charge in [0.1, 0.15) is 17.2 Å². The van der Waals surface area contributed by atoms with Crippen LogP contribution in [-0.2, 0) is 19.8 Å². The number of carbonyl (C=O) groups excluding carboxylic acids is 1. The minimum absolute atomic E-state index is 0.0229. The van der Waals surface area contributed by atoms with Crippen LogP contribution in [0.2, 0.25) is 0 Å². The number of nitrogens with one attached hydrogen (secondary N) is 3. The molecular formula is C23H26F3N9O. The van der Waals surface area contributed by atoms with Crippen molar-refractivity contribution in [2.75, 3.05) is 49.6 Å². The minimum atomic E-state index is -4.55. The van der Waals surface area contributed by atoms with Crippen molar-refractivity contribution in [2.24, 2.45) is 7.05 Å². The van der Waals surface area contributed by atoms with Crippen molar-refractivity contribution in [3.8, 4) is 11.8 Å². The molecule has 0 aliphatic carbocycles. The summed E-state index contributed by atoms with van der Waals surface area (Å²) in [5, 5.41) is 15.6. The molecule has 2 amide bonds. The number of nitrogens with two attached hydrogens (primary N) is 1. The van der Waals surface area contributed by atoms with Crippen molar-refractivity contribution in [1.82, 2.24) is 29.8 Å². The van der Waals surface area contributed by atoms with Crippen molar-refractivity contribution in [3.63, 3.8) is 0 Å². The monoisotopic (exact) mass is 501 g/mol. The highest BCUT2D eigenvalue weighted by molar-refractivity contribution is 5.99. The summed E-state index contributed by atoms with van der Waals surface area (Å²) in [7, 11) is 3.63. The Labute approximate surface area is 205 Å². The molecule has 13 heteroatoms. The van der Waals surface area contributed by atoms with Crippen LogP contribution < -0.4 is 16.4 Å². The zero-order valence-electron chi connectivity index (χ0n) is 19.8. The number of carbonyl (C=O) groups is 1. The van der Waals surface area contributed by atoms with Gasteiger partial charge in [-0.1, -0.05) is 6.07 Å². The summed E-state index contributed by atoms with van der Waals surface area (Å²) in [6.45, 7) is 3.20. The number of aryl methyl sites for hydroxylation is 1. The van der Waals surface area contributed by atoms with E-state index in [1.807, 2.05) is 11.9 Å². The topological polar surface area (TPSA) is 120 Å². The third-order valence-electron chi connectivity index (χ3n) is 5.71. The molecule has 1 fully saturated rings. The third kappa shape index (κ3) is 6.35. The Bertz CT molecular complexity index is 1290. The highest BCUT2D eigenvalue weighted by atomic mass is 19.4. The SMILES string of the molecule is CN1CCN(Cc2ccc(NC(=O)Nc3cc(C#Cc4cc(N)n[nH]4)n(C)n3)cc2C(F)(F)F)CC1. The molecule has 0 bridgehead atoms. The number of rotatable bonds is 4. The molecule has 10 nitrogen and oxygen atoms in total. The number of anilines is 3. The summed E-state index contributed by atoms with van der Waals surface area (Å²) in [6, 6.07) is 6.21. The molecule has 0 saturated carbocycles. The lowest BCUT2D eigenvalue weighted by Crippen LogP contribution is -2.44. The average Bonchev–Trinajstić information content (AvgIpc) is 3.38. The van der Waals surface area contributed by atoms with Crippen molar-refractivity contribution in [1.29, 1.82) is 0 Å². The van der Waals surface area contributed by atoms with Crippen molar-refractivity contribution >= 4 is 23.4 Å². The molecule has 1 aliphatic rings. The standard InChI is InChI=1S/C23H26F3N9O/c1-33-7-9-35(10-8-33)14-15-3-4-16(11-19(15)23(24,25)26)28-22(36)29-21-13-18(34(2)32-21)6-5-17-12-20(27)31-30-17/h3-4,11-13H,7-10,14H2,1-2H3,(H3,27,30,31)(H2,28,29,32,36). The van der Waals surface area contributed by atoms with Gasteiger partial charge in [0, 0.05) is 57.6 Å². The fraction of sp³-hybridized carbons (Fsp3) is 0.348. The van der Waals surface area contributed by atoms with E-state index in [2.05, 4.69) is 42.7 Å². The molecule has 1 aliphatic heterocycles. The number of nitrogens with zero attached hydrogens (tertiary/aromatic N) is 5. The Kier molecular flexibility index (Phi) is 7.18. The number of hydrogen-bond acceptors (Lipinski definition) is 6. The van der Waals surface area contributed by atoms with E-state index < -0.39 is 17.8 Å². The summed E-state index contributed by atoms with van der Waals surface area (Å²) in [4.78, 5) is 16.6. The zero-order chi connectivity index (χ0) is 25.9. The van der Waals surface area contributed by atoms with Gasteiger partial charge in [-0.3, -0.25) is 20.0 Å². The fourth-order valence-electron chi connectivity index (χ4n) is 3.76. The van der Waals surface area contributed by atoms with Crippen LogP contribution in [0.3, 0.4) is 0 Å². The van der Waals surface area contributed by atoms with Gasteiger partial charge in [-0.25, -0.2) is 4.79 Å². The number of aromatic nitrogens is 4. The van der Waals surface area contributed by atoms with Crippen LogP contribution in [-0.4, -0.2) is 69.0 Å². The second-order valence-corrected chi connectivity index (χ2v) is 8.52. The van der Waals surface area contributed by atoms with Gasteiger partial charge in [0.2, 0.25) is 0 Å². The minimum Gasteiger partial charge on any atom is -0.382 e. The molecule has 5 N–H and O–H groups in total. The van der Waals surface area contributed by atoms with E-state index in [-0.39, 0.29) is 23.6 Å². The Hall–Kier alpha value is -4.02. The first kappa shape index (κ1) is 25.1. The van der Waals surface area contributed by atoms with Gasteiger partial charge in [0.15, 0.2) is 5.82 Å². The van der Waals surface area contributed by atoms with Gasteiger partial charge in [0.25, 0.3) is 0 Å². The lowest BCUT2D eigenvalue weighted by atomic mass is 10.0. The molecule has 0 atom stereocenters. The average molecular weight is 502 g/mol. The number of amides is 2. The summed E-state index contributed by atoms with van der Waals surface area (Å²) in [5.41, 5.74) is 5.97. The summed E-state index contributed by atoms with van der Waals surface area (Å²) < 4.78 is 42.8. The second-order valence-electron chi connectivity index (χ2n) is 8.52. The molecule has 0 radical (unpaired) electrons. The van der Waals surface area contributed by atoms with Gasteiger partial charge in [-0.2, -0.15) is 23.4 Å². The van der Waals surface area contributed by atoms with Crippen LogP contribution in [0.25, 0.3) is 0 Å². The molecular weight excluding hydrogens is 475 g/mol. The Morgan fingerprint density at radius 3 is 2.53 bits per heavy atom. The number of halogens is 3. The van der Waals surface area contributed by atoms with Crippen LogP contribution in [0.1, 0.15) is 22.5 Å². The normalized spacial score (nSPS) is 14.8. The maximum absolute atomic E-state index is 13.8. The summed E-state index contributed by atoms with van der Waals surface area (Å²) in [6.07, 6.45) is -4.55. The van der Waals surface area contributed by atoms with Crippen LogP contribution in [0.5, 0.6) is 0 Å². The van der Waals surface area contributed by atoms with E-state index in [0.717, 1.165) is 19.2 Å². The molecule has 1 saturated heterocycles. The van der Waals surface area contributed by atoms with Crippen LogP contribution >= 0.6 is 0 Å². The number of likely N-dealkylation sites (N-methyl/N-ethyl adjacent to an activating group) is 1. The number of benzene rings is 1. The van der Waals surface area contributed by atoms with Gasteiger partial charge in [0.05, 0.1) is 5.56 Å². The maximum Gasteiger partial charge on any atom is 0.416 e. The van der Waals surface area contributed by atoms with E-state index in [9.17, 15) is 18.0 Å².